The Labute approximate surface area is 112 Å². The Morgan fingerprint density at radius 3 is 2.89 bits per heavy atom. The Balaban J connectivity index is 1.91. The first-order chi connectivity index (χ1) is 8.96. The average Bonchev–Trinajstić information content (AvgIpc) is 2.52. The summed E-state index contributed by atoms with van der Waals surface area (Å²) in [5.41, 5.74) is 0. The highest BCUT2D eigenvalue weighted by Crippen LogP contribution is 2.08. The molecule has 0 bridgehead atoms. The number of hydrogen-bond acceptors (Lipinski definition) is 5. The number of carbonyl (C=O) groups is 2. The first-order valence-electron chi connectivity index (χ1n) is 6.44. The predicted octanol–water partition coefficient (Wildman–Crippen LogP) is -1.89. The van der Waals surface area contributed by atoms with Crippen LogP contribution in [0, 0.1) is 0 Å². The molecule has 2 aliphatic heterocycles. The predicted molar refractivity (Wildman–Crippen MR) is 69.3 cm³/mol. The molecule has 0 aromatic rings. The first-order valence-corrected chi connectivity index (χ1v) is 8.27. The third kappa shape index (κ3) is 4.17. The number of amides is 2. The van der Waals surface area contributed by atoms with Crippen LogP contribution in [0.15, 0.2) is 0 Å². The van der Waals surface area contributed by atoms with E-state index in [1.165, 1.54) is 4.90 Å². The molecule has 0 aromatic carbocycles. The van der Waals surface area contributed by atoms with E-state index < -0.39 is 9.84 Å². The maximum atomic E-state index is 12.1. The van der Waals surface area contributed by atoms with E-state index in [0.717, 1.165) is 6.42 Å². The molecule has 0 aliphatic carbocycles. The highest BCUT2D eigenvalue weighted by Gasteiger charge is 2.28. The minimum Gasteiger partial charge on any atom is -0.354 e. The van der Waals surface area contributed by atoms with E-state index in [-0.39, 0.29) is 42.3 Å². The van der Waals surface area contributed by atoms with Gasteiger partial charge >= 0.3 is 0 Å². The molecule has 0 spiro atoms. The number of nitrogens with one attached hydrogen (secondary N) is 2. The summed E-state index contributed by atoms with van der Waals surface area (Å²) >= 11 is 0. The third-order valence-corrected chi connectivity index (χ3v) is 5.07. The average molecular weight is 289 g/mol. The Bertz CT molecular complexity index is 463. The van der Waals surface area contributed by atoms with E-state index in [1.807, 2.05) is 0 Å². The molecule has 2 amide bonds. The third-order valence-electron chi connectivity index (χ3n) is 3.34. The van der Waals surface area contributed by atoms with Gasteiger partial charge in [0.15, 0.2) is 9.84 Å². The van der Waals surface area contributed by atoms with Crippen molar-refractivity contribution < 1.29 is 18.0 Å². The van der Waals surface area contributed by atoms with Crippen LogP contribution in [0.5, 0.6) is 0 Å². The van der Waals surface area contributed by atoms with Gasteiger partial charge in [0.25, 0.3) is 0 Å². The van der Waals surface area contributed by atoms with Crippen molar-refractivity contribution in [2.24, 2.45) is 0 Å². The first kappa shape index (κ1) is 14.3. The zero-order chi connectivity index (χ0) is 13.9. The Kier molecular flexibility index (Phi) is 4.41. The number of carbonyl (C=O) groups excluding carboxylic acids is 2. The van der Waals surface area contributed by atoms with Gasteiger partial charge in [0.1, 0.15) is 0 Å². The summed E-state index contributed by atoms with van der Waals surface area (Å²) in [6.07, 6.45) is 0.861. The minimum absolute atomic E-state index is 0.00121. The van der Waals surface area contributed by atoms with Gasteiger partial charge in [-0.2, -0.15) is 0 Å². The highest BCUT2D eigenvalue weighted by molar-refractivity contribution is 7.91. The van der Waals surface area contributed by atoms with E-state index in [9.17, 15) is 18.0 Å². The molecule has 108 valence electrons. The van der Waals surface area contributed by atoms with Crippen LogP contribution in [0.25, 0.3) is 0 Å². The van der Waals surface area contributed by atoms with Gasteiger partial charge in [-0.15, -0.1) is 0 Å². The fourth-order valence-corrected chi connectivity index (χ4v) is 3.80. The second-order valence-corrected chi connectivity index (χ2v) is 7.22. The molecule has 19 heavy (non-hydrogen) atoms. The van der Waals surface area contributed by atoms with Crippen LogP contribution < -0.4 is 10.6 Å². The van der Waals surface area contributed by atoms with Crippen LogP contribution in [0.1, 0.15) is 12.8 Å². The van der Waals surface area contributed by atoms with E-state index >= 15 is 0 Å². The van der Waals surface area contributed by atoms with Crippen LogP contribution in [-0.2, 0) is 19.4 Å². The molecule has 2 saturated heterocycles. The van der Waals surface area contributed by atoms with E-state index in [2.05, 4.69) is 10.6 Å². The molecular weight excluding hydrogens is 270 g/mol. The second kappa shape index (κ2) is 5.87. The lowest BCUT2D eigenvalue weighted by atomic mass is 10.2. The minimum atomic E-state index is -3.04. The molecule has 0 aromatic heterocycles. The van der Waals surface area contributed by atoms with Crippen molar-refractivity contribution in [2.45, 2.75) is 18.9 Å². The molecule has 2 N–H and O–H groups in total. The largest absolute Gasteiger partial charge is 0.354 e. The van der Waals surface area contributed by atoms with Crippen molar-refractivity contribution in [1.29, 1.82) is 0 Å². The number of nitrogens with zero attached hydrogens (tertiary/aromatic N) is 1. The van der Waals surface area contributed by atoms with Crippen molar-refractivity contribution in [3.8, 4) is 0 Å². The van der Waals surface area contributed by atoms with Gasteiger partial charge in [0.2, 0.25) is 11.8 Å². The molecule has 2 fully saturated rings. The van der Waals surface area contributed by atoms with Crippen molar-refractivity contribution in [3.63, 3.8) is 0 Å². The maximum Gasteiger partial charge on any atom is 0.239 e. The SMILES string of the molecule is O=C1CN(C(=O)CC2CS(=O)(=O)CCN2)CCCN1. The van der Waals surface area contributed by atoms with Crippen LogP contribution in [0.3, 0.4) is 0 Å². The number of sulfone groups is 1. The van der Waals surface area contributed by atoms with Gasteiger partial charge in [0.05, 0.1) is 18.1 Å². The summed E-state index contributed by atoms with van der Waals surface area (Å²) in [7, 11) is -3.04. The Hall–Kier alpha value is -1.15. The summed E-state index contributed by atoms with van der Waals surface area (Å²) in [6, 6.07) is -0.336. The van der Waals surface area contributed by atoms with Gasteiger partial charge in [-0.1, -0.05) is 0 Å². The van der Waals surface area contributed by atoms with Gasteiger partial charge < -0.3 is 15.5 Å². The van der Waals surface area contributed by atoms with E-state index in [1.54, 1.807) is 0 Å². The molecule has 1 unspecified atom stereocenters. The number of rotatable bonds is 2. The lowest BCUT2D eigenvalue weighted by Gasteiger charge is -2.26. The zero-order valence-electron chi connectivity index (χ0n) is 10.7. The fourth-order valence-electron chi connectivity index (χ4n) is 2.36. The van der Waals surface area contributed by atoms with Crippen LogP contribution >= 0.6 is 0 Å². The Morgan fingerprint density at radius 1 is 1.37 bits per heavy atom. The van der Waals surface area contributed by atoms with Crippen molar-refractivity contribution in [3.05, 3.63) is 0 Å². The smallest absolute Gasteiger partial charge is 0.239 e. The summed E-state index contributed by atoms with van der Waals surface area (Å²) < 4.78 is 23.0. The molecule has 2 rings (SSSR count). The van der Waals surface area contributed by atoms with Gasteiger partial charge in [-0.25, -0.2) is 8.42 Å². The molecule has 0 radical (unpaired) electrons. The summed E-state index contributed by atoms with van der Waals surface area (Å²) in [5.74, 6) is -0.190. The molecule has 2 aliphatic rings. The van der Waals surface area contributed by atoms with Crippen LogP contribution in [-0.4, -0.2) is 68.9 Å². The van der Waals surface area contributed by atoms with Crippen LogP contribution in [0.4, 0.5) is 0 Å². The molecule has 2 heterocycles. The highest BCUT2D eigenvalue weighted by atomic mass is 32.2. The van der Waals surface area contributed by atoms with Crippen molar-refractivity contribution >= 4 is 21.7 Å². The lowest BCUT2D eigenvalue weighted by molar-refractivity contribution is -0.135. The zero-order valence-corrected chi connectivity index (χ0v) is 11.5. The monoisotopic (exact) mass is 289 g/mol. The van der Waals surface area contributed by atoms with E-state index in [4.69, 9.17) is 0 Å². The summed E-state index contributed by atoms with van der Waals surface area (Å²) in [5, 5.41) is 5.75. The van der Waals surface area contributed by atoms with E-state index in [0.29, 0.717) is 19.6 Å². The second-order valence-electron chi connectivity index (χ2n) is 4.99. The van der Waals surface area contributed by atoms with Crippen molar-refractivity contribution in [2.75, 3.05) is 37.7 Å². The van der Waals surface area contributed by atoms with Crippen molar-refractivity contribution in [1.82, 2.24) is 15.5 Å². The fraction of sp³-hybridized carbons (Fsp3) is 0.818. The molecule has 0 saturated carbocycles. The normalized spacial score (nSPS) is 27.5. The quantitative estimate of drug-likeness (QED) is 0.620. The lowest BCUT2D eigenvalue weighted by Crippen LogP contribution is -2.48. The van der Waals surface area contributed by atoms with Gasteiger partial charge in [-0.05, 0) is 6.42 Å². The molecule has 1 atom stereocenters. The maximum absolute atomic E-state index is 12.1. The molecular formula is C11H19N3O4S. The molecule has 7 nitrogen and oxygen atoms in total. The number of hydrogen-bond donors (Lipinski definition) is 2. The van der Waals surface area contributed by atoms with Crippen LogP contribution in [0.2, 0.25) is 0 Å². The summed E-state index contributed by atoms with van der Waals surface area (Å²) in [6.45, 7) is 1.58. The van der Waals surface area contributed by atoms with Gasteiger partial charge in [0, 0.05) is 32.1 Å². The Morgan fingerprint density at radius 2 is 2.16 bits per heavy atom. The topological polar surface area (TPSA) is 95.6 Å². The molecule has 8 heteroatoms. The standard InChI is InChI=1S/C11H19N3O4S/c15-10-7-14(4-1-2-13-10)11(16)6-9-8-19(17,18)5-3-12-9/h9,12H,1-8H2,(H,13,15). The van der Waals surface area contributed by atoms with Gasteiger partial charge in [-0.3, -0.25) is 9.59 Å². The summed E-state index contributed by atoms with van der Waals surface area (Å²) in [4.78, 5) is 25.0.